The molecule has 0 radical (unpaired) electrons. The van der Waals surface area contributed by atoms with Crippen molar-refractivity contribution >= 4 is 21.7 Å². The zero-order chi connectivity index (χ0) is 26.8. The number of pyridine rings is 2. The second kappa shape index (κ2) is 10.3. The number of halogens is 1. The summed E-state index contributed by atoms with van der Waals surface area (Å²) in [6, 6.07) is 11.2. The lowest BCUT2D eigenvalue weighted by Gasteiger charge is -2.15. The molecule has 0 atom stereocenters. The standard InChI is InChI=1S/C26H29FN4O5S/c1-16(2)14-35-19-12-17(11-18(27)13-19)21-8-7-20(25(29-21)36-15-26(3)9-10-26)24(32)31-37(33,34)23-6-4-5-22(28)30-23/h4-8,11-13,16H,9-10,14-15H2,1-3H3,(H2,28,30)(H,31,32). The van der Waals surface area contributed by atoms with E-state index in [9.17, 15) is 17.6 Å². The molecule has 1 fully saturated rings. The Hall–Kier alpha value is -3.73. The number of nitrogen functional groups attached to an aromatic ring is 1. The number of rotatable bonds is 10. The average Bonchev–Trinajstić information content (AvgIpc) is 3.58. The summed E-state index contributed by atoms with van der Waals surface area (Å²) in [6.45, 7) is 6.71. The zero-order valence-electron chi connectivity index (χ0n) is 20.8. The maximum atomic E-state index is 14.3. The van der Waals surface area contributed by atoms with Crippen LogP contribution in [0.3, 0.4) is 0 Å². The molecule has 1 aromatic carbocycles. The monoisotopic (exact) mass is 528 g/mol. The molecule has 196 valence electrons. The maximum absolute atomic E-state index is 14.3. The van der Waals surface area contributed by atoms with Gasteiger partial charge in [0.2, 0.25) is 5.88 Å². The van der Waals surface area contributed by atoms with Gasteiger partial charge < -0.3 is 15.2 Å². The molecule has 3 aromatic rings. The van der Waals surface area contributed by atoms with Crippen molar-refractivity contribution in [2.24, 2.45) is 11.3 Å². The van der Waals surface area contributed by atoms with Gasteiger partial charge in [-0.1, -0.05) is 26.8 Å². The highest BCUT2D eigenvalue weighted by molar-refractivity contribution is 7.90. The Morgan fingerprint density at radius 1 is 1.14 bits per heavy atom. The van der Waals surface area contributed by atoms with E-state index in [4.69, 9.17) is 15.2 Å². The Morgan fingerprint density at radius 3 is 2.57 bits per heavy atom. The lowest BCUT2D eigenvalue weighted by atomic mass is 10.1. The summed E-state index contributed by atoms with van der Waals surface area (Å²) in [6.07, 6.45) is 1.92. The van der Waals surface area contributed by atoms with Crippen LogP contribution in [-0.4, -0.2) is 37.5 Å². The number of carbonyl (C=O) groups is 1. The molecule has 1 amide bonds. The number of nitrogens with one attached hydrogen (secondary N) is 1. The number of anilines is 1. The number of amides is 1. The Morgan fingerprint density at radius 2 is 1.89 bits per heavy atom. The summed E-state index contributed by atoms with van der Waals surface area (Å²) >= 11 is 0. The summed E-state index contributed by atoms with van der Waals surface area (Å²) in [5, 5.41) is -0.396. The Labute approximate surface area is 215 Å². The van der Waals surface area contributed by atoms with Crippen LogP contribution in [-0.2, 0) is 10.0 Å². The molecule has 0 saturated heterocycles. The molecular formula is C26H29FN4O5S. The first-order chi connectivity index (χ1) is 17.4. The third-order valence-electron chi connectivity index (χ3n) is 5.76. The fourth-order valence-electron chi connectivity index (χ4n) is 3.35. The number of hydrogen-bond donors (Lipinski definition) is 2. The maximum Gasteiger partial charge on any atom is 0.281 e. The number of benzene rings is 1. The highest BCUT2D eigenvalue weighted by atomic mass is 32.2. The van der Waals surface area contributed by atoms with Crippen LogP contribution in [0.2, 0.25) is 0 Å². The third kappa shape index (κ3) is 6.73. The minimum absolute atomic E-state index is 0.00474. The fourth-order valence-corrected chi connectivity index (χ4v) is 4.29. The third-order valence-corrected chi connectivity index (χ3v) is 7.00. The van der Waals surface area contributed by atoms with Crippen molar-refractivity contribution in [1.29, 1.82) is 0 Å². The molecule has 9 nitrogen and oxygen atoms in total. The van der Waals surface area contributed by atoms with Gasteiger partial charge in [0.05, 0.1) is 18.9 Å². The minimum atomic E-state index is -4.30. The van der Waals surface area contributed by atoms with Gasteiger partial charge in [-0.05, 0) is 55.2 Å². The van der Waals surface area contributed by atoms with Crippen LogP contribution in [0.1, 0.15) is 44.0 Å². The van der Waals surface area contributed by atoms with E-state index < -0.39 is 26.8 Å². The van der Waals surface area contributed by atoms with Crippen LogP contribution in [0.15, 0.2) is 53.6 Å². The first-order valence-corrected chi connectivity index (χ1v) is 13.3. The normalized spacial score (nSPS) is 14.3. The highest BCUT2D eigenvalue weighted by Gasteiger charge is 2.38. The lowest BCUT2D eigenvalue weighted by molar-refractivity contribution is 0.0974. The van der Waals surface area contributed by atoms with Gasteiger partial charge in [0, 0.05) is 17.0 Å². The van der Waals surface area contributed by atoms with Gasteiger partial charge in [-0.2, -0.15) is 8.42 Å². The molecule has 1 saturated carbocycles. The lowest BCUT2D eigenvalue weighted by Crippen LogP contribution is -2.32. The molecular weight excluding hydrogens is 499 g/mol. The van der Waals surface area contributed by atoms with Crippen molar-refractivity contribution < 1.29 is 27.1 Å². The molecule has 0 bridgehead atoms. The highest BCUT2D eigenvalue weighted by Crippen LogP contribution is 2.45. The van der Waals surface area contributed by atoms with Crippen LogP contribution < -0.4 is 19.9 Å². The van der Waals surface area contributed by atoms with E-state index in [1.165, 1.54) is 42.5 Å². The summed E-state index contributed by atoms with van der Waals surface area (Å²) in [5.41, 5.74) is 6.20. The predicted molar refractivity (Wildman–Crippen MR) is 136 cm³/mol. The van der Waals surface area contributed by atoms with Gasteiger partial charge in [0.1, 0.15) is 22.9 Å². The van der Waals surface area contributed by atoms with Gasteiger partial charge in [-0.25, -0.2) is 19.1 Å². The van der Waals surface area contributed by atoms with E-state index >= 15 is 0 Å². The van der Waals surface area contributed by atoms with E-state index in [2.05, 4.69) is 9.97 Å². The second-order valence-corrected chi connectivity index (χ2v) is 11.5. The average molecular weight is 529 g/mol. The molecule has 0 unspecified atom stereocenters. The van der Waals surface area contributed by atoms with Crippen LogP contribution >= 0.6 is 0 Å². The molecule has 0 aliphatic heterocycles. The topological polar surface area (TPSA) is 134 Å². The first kappa shape index (κ1) is 26.3. The van der Waals surface area contributed by atoms with Crippen LogP contribution in [0.4, 0.5) is 10.2 Å². The van der Waals surface area contributed by atoms with E-state index in [1.54, 1.807) is 6.07 Å². The Balaban J connectivity index is 1.65. The first-order valence-electron chi connectivity index (χ1n) is 11.8. The van der Waals surface area contributed by atoms with Crippen molar-refractivity contribution in [3.8, 4) is 22.9 Å². The van der Waals surface area contributed by atoms with E-state index in [1.807, 2.05) is 25.5 Å². The van der Waals surface area contributed by atoms with Crippen LogP contribution in [0, 0.1) is 17.2 Å². The molecule has 0 spiro atoms. The summed E-state index contributed by atoms with van der Waals surface area (Å²) < 4.78 is 53.3. The Kier molecular flexibility index (Phi) is 7.35. The van der Waals surface area contributed by atoms with Crippen molar-refractivity contribution in [2.75, 3.05) is 18.9 Å². The molecule has 1 aliphatic carbocycles. The summed E-state index contributed by atoms with van der Waals surface area (Å²) in [7, 11) is -4.30. The minimum Gasteiger partial charge on any atom is -0.493 e. The SMILES string of the molecule is CC(C)COc1cc(F)cc(-c2ccc(C(=O)NS(=O)(=O)c3cccc(N)n3)c(OCC3(C)CC3)n2)c1. The number of carbonyl (C=O) groups excluding carboxylic acids is 1. The van der Waals surface area contributed by atoms with Gasteiger partial charge in [0.15, 0.2) is 5.03 Å². The van der Waals surface area contributed by atoms with Gasteiger partial charge >= 0.3 is 0 Å². The van der Waals surface area contributed by atoms with Crippen molar-refractivity contribution in [2.45, 2.75) is 38.6 Å². The quantitative estimate of drug-likeness (QED) is 0.400. The molecule has 4 rings (SSSR count). The summed E-state index contributed by atoms with van der Waals surface area (Å²) in [5.74, 6) is -0.915. The summed E-state index contributed by atoms with van der Waals surface area (Å²) in [4.78, 5) is 21.3. The molecule has 1 aliphatic rings. The number of nitrogens with two attached hydrogens (primary N) is 1. The van der Waals surface area contributed by atoms with Crippen molar-refractivity contribution in [3.63, 3.8) is 0 Å². The number of aromatic nitrogens is 2. The molecule has 37 heavy (non-hydrogen) atoms. The predicted octanol–water partition coefficient (Wildman–Crippen LogP) is 4.20. The molecule has 11 heteroatoms. The number of nitrogens with zero attached hydrogens (tertiary/aromatic N) is 2. The van der Waals surface area contributed by atoms with Gasteiger partial charge in [-0.15, -0.1) is 0 Å². The van der Waals surface area contributed by atoms with E-state index in [-0.39, 0.29) is 28.6 Å². The number of sulfonamides is 1. The molecule has 2 heterocycles. The number of hydrogen-bond acceptors (Lipinski definition) is 8. The van der Waals surface area contributed by atoms with E-state index in [0.29, 0.717) is 30.2 Å². The van der Waals surface area contributed by atoms with E-state index in [0.717, 1.165) is 12.8 Å². The smallest absolute Gasteiger partial charge is 0.281 e. The van der Waals surface area contributed by atoms with Crippen LogP contribution in [0.5, 0.6) is 11.6 Å². The zero-order valence-corrected chi connectivity index (χ0v) is 21.6. The van der Waals surface area contributed by atoms with Gasteiger partial charge in [0.25, 0.3) is 15.9 Å². The van der Waals surface area contributed by atoms with Crippen molar-refractivity contribution in [1.82, 2.24) is 14.7 Å². The second-order valence-electron chi connectivity index (χ2n) is 9.86. The molecule has 3 N–H and O–H groups in total. The number of ether oxygens (including phenoxy) is 2. The van der Waals surface area contributed by atoms with Gasteiger partial charge in [-0.3, -0.25) is 4.79 Å². The van der Waals surface area contributed by atoms with Crippen molar-refractivity contribution in [3.05, 3.63) is 59.9 Å². The largest absolute Gasteiger partial charge is 0.493 e. The Bertz CT molecular complexity index is 1420. The van der Waals surface area contributed by atoms with Crippen LogP contribution in [0.25, 0.3) is 11.3 Å². The fraction of sp³-hybridized carbons (Fsp3) is 0.346. The molecule has 2 aromatic heterocycles.